The largest absolute Gasteiger partial charge is 0.326 e. The van der Waals surface area contributed by atoms with E-state index in [1.807, 2.05) is 7.05 Å². The highest BCUT2D eigenvalue weighted by Gasteiger charge is 2.04. The third-order valence-electron chi connectivity index (χ3n) is 2.58. The van der Waals surface area contributed by atoms with E-state index in [2.05, 4.69) is 16.0 Å². The van der Waals surface area contributed by atoms with Gasteiger partial charge in [-0.15, -0.1) is 0 Å². The van der Waals surface area contributed by atoms with E-state index >= 15 is 0 Å². The molecule has 5 heteroatoms. The topological polar surface area (TPSA) is 70.2 Å². The Morgan fingerprint density at radius 3 is 2.32 bits per heavy atom. The van der Waals surface area contributed by atoms with Gasteiger partial charge in [-0.3, -0.25) is 9.59 Å². The van der Waals surface area contributed by atoms with Gasteiger partial charge in [0.2, 0.25) is 11.8 Å². The van der Waals surface area contributed by atoms with E-state index < -0.39 is 0 Å². The van der Waals surface area contributed by atoms with Crippen LogP contribution in [-0.2, 0) is 9.59 Å². The van der Waals surface area contributed by atoms with E-state index in [4.69, 9.17) is 0 Å². The number of benzene rings is 1. The van der Waals surface area contributed by atoms with Gasteiger partial charge in [-0.05, 0) is 38.2 Å². The minimum absolute atomic E-state index is 0.0192. The zero-order chi connectivity index (χ0) is 14.1. The van der Waals surface area contributed by atoms with E-state index in [-0.39, 0.29) is 11.8 Å². The molecule has 0 aliphatic rings. The number of nitrogens with one attached hydrogen (secondary N) is 3. The molecule has 1 aromatic carbocycles. The van der Waals surface area contributed by atoms with Crippen LogP contribution in [0.25, 0.3) is 0 Å². The average molecular weight is 263 g/mol. The van der Waals surface area contributed by atoms with E-state index in [1.165, 1.54) is 0 Å². The maximum absolute atomic E-state index is 11.7. The van der Waals surface area contributed by atoms with Gasteiger partial charge in [-0.25, -0.2) is 0 Å². The summed E-state index contributed by atoms with van der Waals surface area (Å²) in [4.78, 5) is 22.9. The molecule has 0 aromatic heterocycles. The molecule has 2 amide bonds. The third-order valence-corrected chi connectivity index (χ3v) is 2.58. The minimum Gasteiger partial charge on any atom is -0.326 e. The van der Waals surface area contributed by atoms with Crippen LogP contribution in [0.4, 0.5) is 11.4 Å². The van der Waals surface area contributed by atoms with Crippen LogP contribution in [0.15, 0.2) is 24.3 Å². The second-order valence-corrected chi connectivity index (χ2v) is 4.24. The maximum atomic E-state index is 11.7. The average Bonchev–Trinajstić information content (AvgIpc) is 2.39. The van der Waals surface area contributed by atoms with Crippen molar-refractivity contribution in [3.8, 4) is 0 Å². The Bertz CT molecular complexity index is 432. The van der Waals surface area contributed by atoms with Crippen molar-refractivity contribution in [3.63, 3.8) is 0 Å². The number of hydrogen-bond acceptors (Lipinski definition) is 3. The van der Waals surface area contributed by atoms with Crippen molar-refractivity contribution in [2.45, 2.75) is 26.2 Å². The van der Waals surface area contributed by atoms with Gasteiger partial charge in [0.25, 0.3) is 0 Å². The Labute approximate surface area is 113 Å². The fourth-order valence-corrected chi connectivity index (χ4v) is 1.57. The van der Waals surface area contributed by atoms with Crippen LogP contribution in [-0.4, -0.2) is 25.4 Å². The van der Waals surface area contributed by atoms with E-state index in [0.717, 1.165) is 13.0 Å². The van der Waals surface area contributed by atoms with Crippen LogP contribution < -0.4 is 16.0 Å². The fraction of sp³-hybridized carbons (Fsp3) is 0.429. The molecule has 1 rings (SSSR count). The SMILES string of the molecule is CCC(=O)Nc1cccc(NC(=O)CCCNC)c1. The summed E-state index contributed by atoms with van der Waals surface area (Å²) < 4.78 is 0. The summed E-state index contributed by atoms with van der Waals surface area (Å²) in [5.41, 5.74) is 1.39. The standard InChI is InChI=1S/C14H21N3O2/c1-3-13(18)16-11-6-4-7-12(10-11)17-14(19)8-5-9-15-2/h4,6-7,10,15H,3,5,8-9H2,1-2H3,(H,16,18)(H,17,19). The van der Waals surface area contributed by atoms with Crippen molar-refractivity contribution in [1.82, 2.24) is 5.32 Å². The van der Waals surface area contributed by atoms with Gasteiger partial charge in [-0.1, -0.05) is 13.0 Å². The number of anilines is 2. The molecule has 0 fully saturated rings. The molecular weight excluding hydrogens is 242 g/mol. The van der Waals surface area contributed by atoms with E-state index in [1.54, 1.807) is 31.2 Å². The van der Waals surface area contributed by atoms with Crippen LogP contribution >= 0.6 is 0 Å². The van der Waals surface area contributed by atoms with Crippen molar-refractivity contribution >= 4 is 23.2 Å². The van der Waals surface area contributed by atoms with E-state index in [9.17, 15) is 9.59 Å². The second-order valence-electron chi connectivity index (χ2n) is 4.24. The quantitative estimate of drug-likeness (QED) is 0.659. The Kier molecular flexibility index (Phi) is 6.60. The molecule has 0 aliphatic carbocycles. The summed E-state index contributed by atoms with van der Waals surface area (Å²) >= 11 is 0. The first-order valence-electron chi connectivity index (χ1n) is 6.50. The summed E-state index contributed by atoms with van der Waals surface area (Å²) in [5.74, 6) is -0.0632. The predicted molar refractivity (Wildman–Crippen MR) is 77.2 cm³/mol. The highest BCUT2D eigenvalue weighted by atomic mass is 16.2. The smallest absolute Gasteiger partial charge is 0.224 e. The fourth-order valence-electron chi connectivity index (χ4n) is 1.57. The second kappa shape index (κ2) is 8.26. The van der Waals surface area contributed by atoms with Gasteiger partial charge >= 0.3 is 0 Å². The van der Waals surface area contributed by atoms with Crippen LogP contribution in [0.2, 0.25) is 0 Å². The zero-order valence-electron chi connectivity index (χ0n) is 11.5. The van der Waals surface area contributed by atoms with Crippen molar-refractivity contribution in [2.24, 2.45) is 0 Å². The van der Waals surface area contributed by atoms with Gasteiger partial charge in [0.1, 0.15) is 0 Å². The summed E-state index contributed by atoms with van der Waals surface area (Å²) in [7, 11) is 1.86. The molecule has 1 aromatic rings. The molecule has 0 saturated carbocycles. The van der Waals surface area contributed by atoms with Gasteiger partial charge in [-0.2, -0.15) is 0 Å². The first-order chi connectivity index (χ1) is 9.15. The Balaban J connectivity index is 2.52. The highest BCUT2D eigenvalue weighted by Crippen LogP contribution is 2.15. The Hall–Kier alpha value is -1.88. The molecule has 5 nitrogen and oxygen atoms in total. The number of carbonyl (C=O) groups is 2. The maximum Gasteiger partial charge on any atom is 0.224 e. The summed E-state index contributed by atoms with van der Waals surface area (Å²) in [6.07, 6.45) is 1.71. The number of amides is 2. The molecule has 19 heavy (non-hydrogen) atoms. The third kappa shape index (κ3) is 6.01. The van der Waals surface area contributed by atoms with Gasteiger partial charge in [0.05, 0.1) is 0 Å². The monoisotopic (exact) mass is 263 g/mol. The lowest BCUT2D eigenvalue weighted by atomic mass is 10.2. The van der Waals surface area contributed by atoms with Crippen molar-refractivity contribution in [3.05, 3.63) is 24.3 Å². The van der Waals surface area contributed by atoms with Crippen LogP contribution in [0.3, 0.4) is 0 Å². The predicted octanol–water partition coefficient (Wildman–Crippen LogP) is 1.97. The lowest BCUT2D eigenvalue weighted by Crippen LogP contribution is -2.15. The van der Waals surface area contributed by atoms with Gasteiger partial charge in [0, 0.05) is 24.2 Å². The number of carbonyl (C=O) groups excluding carboxylic acids is 2. The molecule has 0 heterocycles. The lowest BCUT2D eigenvalue weighted by molar-refractivity contribution is -0.116. The zero-order valence-corrected chi connectivity index (χ0v) is 11.5. The molecule has 0 bridgehead atoms. The molecule has 0 saturated heterocycles. The summed E-state index contributed by atoms with van der Waals surface area (Å²) in [6, 6.07) is 7.15. The van der Waals surface area contributed by atoms with Crippen LogP contribution in [0, 0.1) is 0 Å². The molecular formula is C14H21N3O2. The van der Waals surface area contributed by atoms with Crippen LogP contribution in [0.5, 0.6) is 0 Å². The summed E-state index contributed by atoms with van der Waals surface area (Å²) in [5, 5.41) is 8.57. The van der Waals surface area contributed by atoms with E-state index in [0.29, 0.717) is 24.2 Å². The molecule has 104 valence electrons. The van der Waals surface area contributed by atoms with Gasteiger partial charge in [0.15, 0.2) is 0 Å². The first-order valence-corrected chi connectivity index (χ1v) is 6.50. The number of hydrogen-bond donors (Lipinski definition) is 3. The normalized spacial score (nSPS) is 10.0. The molecule has 0 aliphatic heterocycles. The molecule has 0 radical (unpaired) electrons. The van der Waals surface area contributed by atoms with Gasteiger partial charge < -0.3 is 16.0 Å². The first kappa shape index (κ1) is 15.2. The highest BCUT2D eigenvalue weighted by molar-refractivity contribution is 5.93. The molecule has 0 unspecified atom stereocenters. The molecule has 0 spiro atoms. The lowest BCUT2D eigenvalue weighted by Gasteiger charge is -2.08. The Morgan fingerprint density at radius 1 is 1.11 bits per heavy atom. The van der Waals surface area contributed by atoms with Crippen molar-refractivity contribution < 1.29 is 9.59 Å². The minimum atomic E-state index is -0.0440. The number of rotatable bonds is 7. The van der Waals surface area contributed by atoms with Crippen LogP contribution in [0.1, 0.15) is 26.2 Å². The molecule has 3 N–H and O–H groups in total. The Morgan fingerprint density at radius 2 is 1.74 bits per heavy atom. The van der Waals surface area contributed by atoms with Crippen molar-refractivity contribution in [1.29, 1.82) is 0 Å². The summed E-state index contributed by atoms with van der Waals surface area (Å²) in [6.45, 7) is 2.61. The van der Waals surface area contributed by atoms with Crippen molar-refractivity contribution in [2.75, 3.05) is 24.2 Å². The molecule has 0 atom stereocenters.